The summed E-state index contributed by atoms with van der Waals surface area (Å²) in [6, 6.07) is 0. The van der Waals surface area contributed by atoms with E-state index in [1.165, 1.54) is 14.0 Å². The first-order valence-corrected chi connectivity index (χ1v) is 14.1. The van der Waals surface area contributed by atoms with Crippen molar-refractivity contribution < 1.29 is 33.4 Å². The van der Waals surface area contributed by atoms with E-state index in [1.807, 2.05) is 51.2 Å². The van der Waals surface area contributed by atoms with Gasteiger partial charge in [-0.25, -0.2) is 0 Å². The van der Waals surface area contributed by atoms with Crippen LogP contribution in [0.5, 0.6) is 0 Å². The zero-order valence-electron chi connectivity index (χ0n) is 27.7. The van der Waals surface area contributed by atoms with Gasteiger partial charge in [0.15, 0.2) is 0 Å². The normalized spacial score (nSPS) is 11.1. The Bertz CT molecular complexity index is 776. The first kappa shape index (κ1) is 45.2. The highest BCUT2D eigenvalue weighted by Crippen LogP contribution is 2.07. The van der Waals surface area contributed by atoms with E-state index in [1.54, 1.807) is 26.0 Å². The highest BCUT2D eigenvalue weighted by atomic mass is 16.5. The summed E-state index contributed by atoms with van der Waals surface area (Å²) >= 11 is 0. The molecule has 0 atom stereocenters. The highest BCUT2D eigenvalue weighted by molar-refractivity contribution is 5.77. The number of rotatable bonds is 15. The van der Waals surface area contributed by atoms with E-state index in [-0.39, 0.29) is 40.9 Å². The molecule has 0 bridgehead atoms. The summed E-state index contributed by atoms with van der Waals surface area (Å²) in [6.07, 6.45) is 17.1. The molecule has 0 heterocycles. The Morgan fingerprint density at radius 1 is 0.634 bits per heavy atom. The number of allylic oxidation sites excluding steroid dienone is 4. The Labute approximate surface area is 251 Å². The van der Waals surface area contributed by atoms with Gasteiger partial charge in [-0.1, -0.05) is 36.5 Å². The fourth-order valence-electron chi connectivity index (χ4n) is 2.13. The third-order valence-electron chi connectivity index (χ3n) is 4.07. The van der Waals surface area contributed by atoms with Crippen LogP contribution in [-0.2, 0) is 33.4 Å². The molecule has 0 aliphatic carbocycles. The largest absolute Gasteiger partial charge is 0.469 e. The fraction of sp³-hybridized carbons (Fsp3) is 0.618. The first-order chi connectivity index (χ1) is 18.9. The summed E-state index contributed by atoms with van der Waals surface area (Å²) in [7, 11) is 1.33. The van der Waals surface area contributed by atoms with Gasteiger partial charge in [-0.2, -0.15) is 0 Å². The minimum atomic E-state index is -0.287. The number of methoxy groups -OCH3 is 1. The monoisotopic (exact) mass is 579 g/mol. The van der Waals surface area contributed by atoms with Gasteiger partial charge in [0, 0.05) is 19.3 Å². The van der Waals surface area contributed by atoms with E-state index in [4.69, 9.17) is 9.47 Å². The molecule has 7 heteroatoms. The van der Waals surface area contributed by atoms with E-state index in [0.717, 1.165) is 32.5 Å². The van der Waals surface area contributed by atoms with Crippen molar-refractivity contribution in [1.82, 2.24) is 0 Å². The summed E-state index contributed by atoms with van der Waals surface area (Å²) in [4.78, 5) is 41.7. The zero-order chi connectivity index (χ0) is 32.7. The molecule has 0 amide bonds. The summed E-state index contributed by atoms with van der Waals surface area (Å²) < 4.78 is 15.3. The van der Waals surface area contributed by atoms with Crippen LogP contribution in [0.3, 0.4) is 0 Å². The number of Topliss-reactive ketones (excluding diaryl/α,β-unsaturated/α-hetero) is 3. The van der Waals surface area contributed by atoms with Crippen molar-refractivity contribution in [2.24, 2.45) is 0 Å². The second-order valence-corrected chi connectivity index (χ2v) is 11.0. The van der Waals surface area contributed by atoms with Gasteiger partial charge in [-0.3, -0.25) is 19.2 Å². The minimum absolute atomic E-state index is 0.00299. The maximum Gasteiger partial charge on any atom is 0.309 e. The quantitative estimate of drug-likeness (QED) is 0.0841. The highest BCUT2D eigenvalue weighted by Gasteiger charge is 2.08. The Hall–Kier alpha value is -2.77. The Morgan fingerprint density at radius 3 is 1.34 bits per heavy atom. The molecule has 0 saturated carbocycles. The predicted octanol–water partition coefficient (Wildman–Crippen LogP) is 7.94. The van der Waals surface area contributed by atoms with Gasteiger partial charge in [0.2, 0.25) is 0 Å². The van der Waals surface area contributed by atoms with Crippen molar-refractivity contribution >= 4 is 23.3 Å². The number of esters is 1. The molecule has 0 spiro atoms. The molecule has 0 N–H and O–H groups in total. The van der Waals surface area contributed by atoms with Crippen molar-refractivity contribution in [1.29, 1.82) is 0 Å². The molecule has 0 saturated heterocycles. The van der Waals surface area contributed by atoms with Gasteiger partial charge in [-0.15, -0.1) is 6.58 Å². The average Bonchev–Trinajstić information content (AvgIpc) is 2.83. The standard InChI is InChI=1S/C11H20O2.C8H12O3.C8H16O.C7H11O/c1-10(12)8-6-5-7-9-13-11(2,3)4;1-7(9)5-3-4-6-8(10)11-2;1-5-6-7-9-8(2,3)4;1-3-4-5-6-7(2)8/h5-6H,7-9H2,1-4H3;3-4H,5-6H2,1-2H3;5H,1,6-7H2,2-4H3;4-5H,1,3,6H2,2H3/q;;;+1/b6-5-;4-3-;;5-4-. The van der Waals surface area contributed by atoms with Gasteiger partial charge < -0.3 is 14.2 Å². The van der Waals surface area contributed by atoms with E-state index in [9.17, 15) is 19.2 Å². The van der Waals surface area contributed by atoms with Crippen molar-refractivity contribution in [3.8, 4) is 0 Å². The summed E-state index contributed by atoms with van der Waals surface area (Å²) in [6.45, 7) is 25.6. The van der Waals surface area contributed by atoms with Gasteiger partial charge >= 0.3 is 5.97 Å². The van der Waals surface area contributed by atoms with Crippen LogP contribution in [0.15, 0.2) is 49.1 Å². The molecule has 0 fully saturated rings. The van der Waals surface area contributed by atoms with Gasteiger partial charge in [0.25, 0.3) is 0 Å². The summed E-state index contributed by atoms with van der Waals surface area (Å²) in [5, 5.41) is 0. The number of carbonyl (C=O) groups is 4. The van der Waals surface area contributed by atoms with Gasteiger partial charge in [0.1, 0.15) is 23.8 Å². The molecule has 0 rings (SSSR count). The van der Waals surface area contributed by atoms with Gasteiger partial charge in [-0.05, 0) is 81.2 Å². The SMILES string of the molecule is C=CCCOC(C)(C)C.CC(=O)C/C=C\CCOC(C)(C)C.COC(=O)C/C=C\CC(C)=O.[CH2+]C/C=C\CC(C)=O. The molecule has 41 heavy (non-hydrogen) atoms. The van der Waals surface area contributed by atoms with E-state index in [0.29, 0.717) is 19.3 Å². The van der Waals surface area contributed by atoms with Crippen LogP contribution >= 0.6 is 0 Å². The van der Waals surface area contributed by atoms with Crippen LogP contribution in [0.4, 0.5) is 0 Å². The van der Waals surface area contributed by atoms with Gasteiger partial charge in [0.05, 0.1) is 44.9 Å². The van der Waals surface area contributed by atoms with Crippen molar-refractivity contribution in [3.63, 3.8) is 0 Å². The lowest BCUT2D eigenvalue weighted by Crippen LogP contribution is -2.19. The van der Waals surface area contributed by atoms with Crippen LogP contribution in [0, 0.1) is 6.92 Å². The second kappa shape index (κ2) is 30.2. The molecule has 0 aliphatic heterocycles. The fourth-order valence-corrected chi connectivity index (χ4v) is 2.13. The molecule has 0 radical (unpaired) electrons. The number of ketones is 3. The van der Waals surface area contributed by atoms with E-state index >= 15 is 0 Å². The molecule has 236 valence electrons. The molecule has 0 unspecified atom stereocenters. The Balaban J connectivity index is -0.000000226. The molecule has 0 aromatic rings. The zero-order valence-corrected chi connectivity index (χ0v) is 27.7. The predicted molar refractivity (Wildman–Crippen MR) is 171 cm³/mol. The minimum Gasteiger partial charge on any atom is -0.469 e. The lowest BCUT2D eigenvalue weighted by atomic mass is 10.2. The number of carbonyl (C=O) groups excluding carboxylic acids is 4. The third kappa shape index (κ3) is 62.3. The van der Waals surface area contributed by atoms with Crippen molar-refractivity contribution in [2.75, 3.05) is 20.3 Å². The number of ether oxygens (including phenoxy) is 3. The van der Waals surface area contributed by atoms with Crippen molar-refractivity contribution in [3.05, 3.63) is 56.0 Å². The Morgan fingerprint density at radius 2 is 1.00 bits per heavy atom. The molecule has 0 aromatic carbocycles. The third-order valence-corrected chi connectivity index (χ3v) is 4.07. The topological polar surface area (TPSA) is 96.0 Å². The lowest BCUT2D eigenvalue weighted by molar-refractivity contribution is -0.139. The summed E-state index contributed by atoms with van der Waals surface area (Å²) in [5.41, 5.74) is -0.0581. The van der Waals surface area contributed by atoms with E-state index < -0.39 is 0 Å². The molecule has 7 nitrogen and oxygen atoms in total. The summed E-state index contributed by atoms with van der Waals surface area (Å²) in [5.74, 6) is 0.207. The Kier molecular flexibility index (Phi) is 33.3. The van der Waals surface area contributed by atoms with Crippen LogP contribution in [0.1, 0.15) is 107 Å². The van der Waals surface area contributed by atoms with Crippen LogP contribution in [-0.4, -0.2) is 54.8 Å². The lowest BCUT2D eigenvalue weighted by Gasteiger charge is -2.18. The number of hydrogen-bond donors (Lipinski definition) is 0. The van der Waals surface area contributed by atoms with Crippen LogP contribution in [0.25, 0.3) is 0 Å². The average molecular weight is 580 g/mol. The maximum atomic E-state index is 10.6. The number of hydrogen-bond acceptors (Lipinski definition) is 7. The second-order valence-electron chi connectivity index (χ2n) is 11.0. The molecule has 0 aliphatic rings. The van der Waals surface area contributed by atoms with Crippen LogP contribution < -0.4 is 0 Å². The smallest absolute Gasteiger partial charge is 0.309 e. The van der Waals surface area contributed by atoms with Crippen molar-refractivity contribution in [2.45, 2.75) is 118 Å². The van der Waals surface area contributed by atoms with Crippen LogP contribution in [0.2, 0.25) is 0 Å². The maximum absolute atomic E-state index is 10.6. The van der Waals surface area contributed by atoms with E-state index in [2.05, 4.69) is 39.0 Å². The first-order valence-electron chi connectivity index (χ1n) is 14.1. The molecular weight excluding hydrogens is 520 g/mol. The molecular formula is C34H59O7+. The molecule has 0 aromatic heterocycles.